The molecule has 0 fully saturated rings. The van der Waals surface area contributed by atoms with Crippen LogP contribution in [0.4, 0.5) is 0 Å². The lowest BCUT2D eigenvalue weighted by Gasteiger charge is -2.22. The molecule has 0 aliphatic heterocycles. The second-order valence-electron chi connectivity index (χ2n) is 4.02. The Bertz CT molecular complexity index is 277. The van der Waals surface area contributed by atoms with Crippen LogP contribution < -0.4 is 5.73 Å². The van der Waals surface area contributed by atoms with Gasteiger partial charge < -0.3 is 10.8 Å². The van der Waals surface area contributed by atoms with Gasteiger partial charge in [0.05, 0.1) is 12.1 Å². The largest absolute Gasteiger partial charge is 0.394 e. The van der Waals surface area contributed by atoms with Crippen LogP contribution in [0.15, 0.2) is 24.3 Å². The van der Waals surface area contributed by atoms with Gasteiger partial charge in [0.25, 0.3) is 0 Å². The Morgan fingerprint density at radius 2 is 1.86 bits per heavy atom. The van der Waals surface area contributed by atoms with Crippen molar-refractivity contribution in [2.45, 2.75) is 32.2 Å². The Morgan fingerprint density at radius 3 is 2.29 bits per heavy atom. The number of benzene rings is 1. The van der Waals surface area contributed by atoms with E-state index in [0.717, 1.165) is 18.4 Å². The highest BCUT2D eigenvalue weighted by Crippen LogP contribution is 2.17. The average molecular weight is 193 g/mol. The summed E-state index contributed by atoms with van der Waals surface area (Å²) in [7, 11) is 0. The van der Waals surface area contributed by atoms with E-state index in [1.165, 1.54) is 5.56 Å². The summed E-state index contributed by atoms with van der Waals surface area (Å²) in [6.07, 6.45) is 2.25. The van der Waals surface area contributed by atoms with Crippen molar-refractivity contribution in [2.75, 3.05) is 6.61 Å². The summed E-state index contributed by atoms with van der Waals surface area (Å²) >= 11 is 0. The number of hydrogen-bond donors (Lipinski definition) is 2. The first kappa shape index (κ1) is 11.2. The smallest absolute Gasteiger partial charge is 0.0650 e. The Hall–Kier alpha value is -0.860. The molecule has 0 saturated heterocycles. The maximum atomic E-state index is 9.10. The molecular weight excluding hydrogens is 174 g/mol. The van der Waals surface area contributed by atoms with E-state index in [2.05, 4.69) is 19.1 Å². The summed E-state index contributed by atoms with van der Waals surface area (Å²) < 4.78 is 0. The Balaban J connectivity index is 2.82. The molecule has 0 saturated carbocycles. The van der Waals surface area contributed by atoms with Crippen LogP contribution in [0.2, 0.25) is 0 Å². The molecule has 1 aromatic rings. The molecular formula is C12H19NO. The van der Waals surface area contributed by atoms with E-state index in [1.54, 1.807) is 0 Å². The molecule has 0 aliphatic rings. The maximum Gasteiger partial charge on any atom is 0.0650 e. The van der Waals surface area contributed by atoms with Crippen molar-refractivity contribution in [1.82, 2.24) is 0 Å². The fraction of sp³-hybridized carbons (Fsp3) is 0.500. The number of hydrogen-bond acceptors (Lipinski definition) is 2. The normalized spacial score (nSPS) is 15.1. The second-order valence-corrected chi connectivity index (χ2v) is 4.02. The van der Waals surface area contributed by atoms with Crippen LogP contribution in [0.5, 0.6) is 0 Å². The summed E-state index contributed by atoms with van der Waals surface area (Å²) in [4.78, 5) is 0. The van der Waals surface area contributed by atoms with Crippen LogP contribution in [-0.2, 0) is 12.0 Å². The van der Waals surface area contributed by atoms with Crippen LogP contribution in [0.3, 0.4) is 0 Å². The van der Waals surface area contributed by atoms with Gasteiger partial charge >= 0.3 is 0 Å². The molecule has 3 N–H and O–H groups in total. The minimum atomic E-state index is -0.620. The molecule has 0 spiro atoms. The van der Waals surface area contributed by atoms with Crippen molar-refractivity contribution in [2.24, 2.45) is 5.73 Å². The summed E-state index contributed by atoms with van der Waals surface area (Å²) in [5, 5.41) is 9.10. The average Bonchev–Trinajstić information content (AvgIpc) is 2.19. The molecule has 0 aromatic heterocycles. The van der Waals surface area contributed by atoms with E-state index < -0.39 is 5.54 Å². The molecule has 0 heterocycles. The first-order valence-electron chi connectivity index (χ1n) is 5.09. The summed E-state index contributed by atoms with van der Waals surface area (Å²) in [5.41, 5.74) is 7.60. The minimum absolute atomic E-state index is 0.0277. The molecule has 78 valence electrons. The van der Waals surface area contributed by atoms with Gasteiger partial charge in [0.1, 0.15) is 0 Å². The van der Waals surface area contributed by atoms with Crippen molar-refractivity contribution in [3.63, 3.8) is 0 Å². The molecule has 1 atom stereocenters. The van der Waals surface area contributed by atoms with Gasteiger partial charge in [0, 0.05) is 0 Å². The monoisotopic (exact) mass is 193 g/mol. The van der Waals surface area contributed by atoms with Crippen LogP contribution in [0.25, 0.3) is 0 Å². The highest BCUT2D eigenvalue weighted by molar-refractivity contribution is 5.27. The van der Waals surface area contributed by atoms with Crippen molar-refractivity contribution >= 4 is 0 Å². The topological polar surface area (TPSA) is 46.2 Å². The quantitative estimate of drug-likeness (QED) is 0.766. The standard InChI is InChI=1S/C12H19NO/c1-3-4-10-5-7-11(8-6-10)12(2,13)9-14/h5-8,14H,3-4,9,13H2,1-2H3/t12-/m0/s1. The van der Waals surface area contributed by atoms with Crippen LogP contribution in [-0.4, -0.2) is 11.7 Å². The van der Waals surface area contributed by atoms with Gasteiger partial charge in [-0.2, -0.15) is 0 Å². The van der Waals surface area contributed by atoms with Crippen LogP contribution in [0.1, 0.15) is 31.4 Å². The minimum Gasteiger partial charge on any atom is -0.394 e. The zero-order valence-electron chi connectivity index (χ0n) is 8.96. The Labute approximate surface area is 85.8 Å². The summed E-state index contributed by atoms with van der Waals surface area (Å²) in [6.45, 7) is 3.97. The molecule has 0 unspecified atom stereocenters. The molecule has 14 heavy (non-hydrogen) atoms. The van der Waals surface area contributed by atoms with Gasteiger partial charge in [-0.3, -0.25) is 0 Å². The predicted molar refractivity (Wildman–Crippen MR) is 59.1 cm³/mol. The molecule has 0 aliphatic carbocycles. The molecule has 1 aromatic carbocycles. The number of nitrogens with two attached hydrogens (primary N) is 1. The number of aryl methyl sites for hydroxylation is 1. The summed E-state index contributed by atoms with van der Waals surface area (Å²) in [5.74, 6) is 0. The first-order chi connectivity index (χ1) is 6.60. The van der Waals surface area contributed by atoms with Crippen molar-refractivity contribution in [1.29, 1.82) is 0 Å². The van der Waals surface area contributed by atoms with Gasteiger partial charge in [-0.05, 0) is 24.5 Å². The highest BCUT2D eigenvalue weighted by atomic mass is 16.3. The summed E-state index contributed by atoms with van der Waals surface area (Å²) in [6, 6.07) is 8.17. The Morgan fingerprint density at radius 1 is 1.29 bits per heavy atom. The zero-order chi connectivity index (χ0) is 10.6. The van der Waals surface area contributed by atoms with Crippen LogP contribution >= 0.6 is 0 Å². The molecule has 0 radical (unpaired) electrons. The lowest BCUT2D eigenvalue weighted by Crippen LogP contribution is -2.36. The third-order valence-corrected chi connectivity index (χ3v) is 2.48. The fourth-order valence-electron chi connectivity index (χ4n) is 1.43. The van der Waals surface area contributed by atoms with E-state index in [9.17, 15) is 0 Å². The van der Waals surface area contributed by atoms with E-state index in [4.69, 9.17) is 10.8 Å². The Kier molecular flexibility index (Phi) is 3.67. The predicted octanol–water partition coefficient (Wildman–Crippen LogP) is 1.81. The second kappa shape index (κ2) is 4.58. The van der Waals surface area contributed by atoms with Gasteiger partial charge in [-0.1, -0.05) is 37.6 Å². The van der Waals surface area contributed by atoms with E-state index in [1.807, 2.05) is 19.1 Å². The highest BCUT2D eigenvalue weighted by Gasteiger charge is 2.19. The third-order valence-electron chi connectivity index (χ3n) is 2.48. The number of rotatable bonds is 4. The van der Waals surface area contributed by atoms with Crippen molar-refractivity contribution < 1.29 is 5.11 Å². The van der Waals surface area contributed by atoms with E-state index >= 15 is 0 Å². The van der Waals surface area contributed by atoms with Crippen LogP contribution in [0, 0.1) is 0 Å². The van der Waals surface area contributed by atoms with Gasteiger partial charge in [0.2, 0.25) is 0 Å². The first-order valence-corrected chi connectivity index (χ1v) is 5.09. The van der Waals surface area contributed by atoms with E-state index in [-0.39, 0.29) is 6.61 Å². The van der Waals surface area contributed by atoms with E-state index in [0.29, 0.717) is 0 Å². The fourth-order valence-corrected chi connectivity index (χ4v) is 1.43. The van der Waals surface area contributed by atoms with Gasteiger partial charge in [0.15, 0.2) is 0 Å². The molecule has 1 rings (SSSR count). The molecule has 2 heteroatoms. The molecule has 2 nitrogen and oxygen atoms in total. The zero-order valence-corrected chi connectivity index (χ0v) is 8.96. The van der Waals surface area contributed by atoms with Crippen molar-refractivity contribution in [3.8, 4) is 0 Å². The third kappa shape index (κ3) is 2.56. The van der Waals surface area contributed by atoms with Gasteiger partial charge in [-0.15, -0.1) is 0 Å². The van der Waals surface area contributed by atoms with Crippen molar-refractivity contribution in [3.05, 3.63) is 35.4 Å². The number of aliphatic hydroxyl groups is 1. The maximum absolute atomic E-state index is 9.10. The lowest BCUT2D eigenvalue weighted by molar-refractivity contribution is 0.210. The SMILES string of the molecule is CCCc1ccc([C@@](C)(N)CO)cc1. The van der Waals surface area contributed by atoms with Gasteiger partial charge in [-0.25, -0.2) is 0 Å². The molecule has 0 amide bonds. The lowest BCUT2D eigenvalue weighted by atomic mass is 9.93. The number of aliphatic hydroxyl groups excluding tert-OH is 1. The molecule has 0 bridgehead atoms.